The lowest BCUT2D eigenvalue weighted by molar-refractivity contribution is -0.126. The summed E-state index contributed by atoms with van der Waals surface area (Å²) in [7, 11) is 3.60. The van der Waals surface area contributed by atoms with E-state index in [-0.39, 0.29) is 17.7 Å². The van der Waals surface area contributed by atoms with Crippen LogP contribution < -0.4 is 0 Å². The normalized spacial score (nSPS) is 16.6. The molecule has 0 aliphatic carbocycles. The summed E-state index contributed by atoms with van der Waals surface area (Å²) >= 11 is 0. The summed E-state index contributed by atoms with van der Waals surface area (Å²) in [5.74, 6) is 0.325. The zero-order valence-electron chi connectivity index (χ0n) is 16.1. The molecule has 0 unspecified atom stereocenters. The number of carbonyl (C=O) groups excluding carboxylic acids is 2. The van der Waals surface area contributed by atoms with E-state index in [0.29, 0.717) is 25.1 Å². The number of hydrogen-bond donors (Lipinski definition) is 0. The Labute approximate surface area is 164 Å². The fourth-order valence-corrected chi connectivity index (χ4v) is 3.78. The highest BCUT2D eigenvalue weighted by atomic mass is 16.2. The third-order valence-electron chi connectivity index (χ3n) is 5.33. The lowest BCUT2D eigenvalue weighted by atomic mass is 10.1. The number of amides is 2. The van der Waals surface area contributed by atoms with E-state index in [4.69, 9.17) is 4.98 Å². The van der Waals surface area contributed by atoms with E-state index in [1.807, 2.05) is 61.6 Å². The Bertz CT molecular complexity index is 1030. The van der Waals surface area contributed by atoms with Gasteiger partial charge in [-0.2, -0.15) is 0 Å². The number of para-hydroxylation sites is 1. The average molecular weight is 373 g/mol. The summed E-state index contributed by atoms with van der Waals surface area (Å²) in [6.45, 7) is 1.30. The van der Waals surface area contributed by atoms with Crippen LogP contribution in [0.15, 0.2) is 60.7 Å². The van der Waals surface area contributed by atoms with Gasteiger partial charge in [-0.05, 0) is 24.3 Å². The van der Waals surface area contributed by atoms with E-state index < -0.39 is 0 Å². The van der Waals surface area contributed by atoms with Crippen molar-refractivity contribution in [1.82, 2.24) is 14.8 Å². The lowest BCUT2D eigenvalue weighted by Gasteiger charge is -2.21. The number of likely N-dealkylation sites (tertiary alicyclic amines) is 1. The minimum atomic E-state index is -0.0278. The molecule has 2 heterocycles. The van der Waals surface area contributed by atoms with E-state index in [1.165, 1.54) is 0 Å². The molecule has 2 aromatic carbocycles. The SMILES string of the molecule is CN1C[C@H](CN(C)C(=O)c2ccc(-c3ccc4ccccc4n3)cc2)CC1=O. The molecular weight excluding hydrogens is 350 g/mol. The second-order valence-electron chi connectivity index (χ2n) is 7.50. The Morgan fingerprint density at radius 2 is 1.86 bits per heavy atom. The third-order valence-corrected chi connectivity index (χ3v) is 5.33. The van der Waals surface area contributed by atoms with E-state index in [9.17, 15) is 9.59 Å². The Morgan fingerprint density at radius 1 is 1.11 bits per heavy atom. The number of nitrogens with zero attached hydrogens (tertiary/aromatic N) is 3. The zero-order chi connectivity index (χ0) is 19.7. The Balaban J connectivity index is 1.47. The summed E-state index contributed by atoms with van der Waals surface area (Å²) in [5.41, 5.74) is 3.47. The third kappa shape index (κ3) is 3.60. The molecule has 1 aliphatic heterocycles. The number of rotatable bonds is 4. The van der Waals surface area contributed by atoms with Crippen LogP contribution in [0.4, 0.5) is 0 Å². The van der Waals surface area contributed by atoms with Gasteiger partial charge in [0.05, 0.1) is 11.2 Å². The fraction of sp³-hybridized carbons (Fsp3) is 0.261. The minimum absolute atomic E-state index is 0.0278. The van der Waals surface area contributed by atoms with Crippen LogP contribution in [0, 0.1) is 5.92 Å². The predicted octanol–water partition coefficient (Wildman–Crippen LogP) is 3.45. The van der Waals surface area contributed by atoms with E-state index in [2.05, 4.69) is 6.07 Å². The van der Waals surface area contributed by atoms with Crippen LogP contribution in [0.1, 0.15) is 16.8 Å². The Hall–Kier alpha value is -3.21. The molecule has 1 aromatic heterocycles. The van der Waals surface area contributed by atoms with Gasteiger partial charge >= 0.3 is 0 Å². The van der Waals surface area contributed by atoms with Crippen molar-refractivity contribution < 1.29 is 9.59 Å². The van der Waals surface area contributed by atoms with Crippen molar-refractivity contribution in [2.24, 2.45) is 5.92 Å². The van der Waals surface area contributed by atoms with Crippen LogP contribution in [0.3, 0.4) is 0 Å². The van der Waals surface area contributed by atoms with Gasteiger partial charge in [-0.1, -0.05) is 36.4 Å². The zero-order valence-corrected chi connectivity index (χ0v) is 16.1. The molecule has 1 fully saturated rings. The summed E-state index contributed by atoms with van der Waals surface area (Å²) in [6, 6.07) is 19.6. The number of hydrogen-bond acceptors (Lipinski definition) is 3. The van der Waals surface area contributed by atoms with Gasteiger partial charge in [-0.25, -0.2) is 4.98 Å². The molecule has 5 nitrogen and oxygen atoms in total. The van der Waals surface area contributed by atoms with Gasteiger partial charge in [0.25, 0.3) is 5.91 Å². The van der Waals surface area contributed by atoms with Crippen LogP contribution in [0.25, 0.3) is 22.2 Å². The maximum absolute atomic E-state index is 12.7. The Morgan fingerprint density at radius 3 is 2.57 bits per heavy atom. The molecule has 142 valence electrons. The molecule has 1 saturated heterocycles. The maximum atomic E-state index is 12.7. The molecule has 0 bridgehead atoms. The first kappa shape index (κ1) is 18.2. The van der Waals surface area contributed by atoms with Crippen LogP contribution >= 0.6 is 0 Å². The Kier molecular flexibility index (Phi) is 4.82. The monoisotopic (exact) mass is 373 g/mol. The molecule has 1 atom stereocenters. The highest BCUT2D eigenvalue weighted by Gasteiger charge is 2.28. The minimum Gasteiger partial charge on any atom is -0.345 e. The predicted molar refractivity (Wildman–Crippen MR) is 110 cm³/mol. The quantitative estimate of drug-likeness (QED) is 0.704. The molecule has 5 heteroatoms. The number of fused-ring (bicyclic) bond motifs is 1. The fourth-order valence-electron chi connectivity index (χ4n) is 3.78. The molecule has 3 aromatic rings. The van der Waals surface area contributed by atoms with E-state index in [0.717, 1.165) is 22.2 Å². The van der Waals surface area contributed by atoms with Crippen molar-refractivity contribution in [3.8, 4) is 11.3 Å². The molecule has 0 spiro atoms. The standard InChI is InChI=1S/C23H23N3O2/c1-25-14-16(13-22(25)27)15-26(2)23(28)19-9-7-18(8-10-19)21-12-11-17-5-3-4-6-20(17)24-21/h3-12,16H,13-15H2,1-2H3/t16-/m1/s1. The van der Waals surface area contributed by atoms with Gasteiger partial charge in [0, 0.05) is 56.0 Å². The van der Waals surface area contributed by atoms with Gasteiger partial charge in [-0.15, -0.1) is 0 Å². The summed E-state index contributed by atoms with van der Waals surface area (Å²) in [5, 5.41) is 1.11. The van der Waals surface area contributed by atoms with E-state index in [1.54, 1.807) is 16.8 Å². The first-order chi connectivity index (χ1) is 13.5. The first-order valence-corrected chi connectivity index (χ1v) is 9.47. The molecule has 0 saturated carbocycles. The molecule has 0 radical (unpaired) electrons. The van der Waals surface area contributed by atoms with Crippen molar-refractivity contribution >= 4 is 22.7 Å². The van der Waals surface area contributed by atoms with Gasteiger partial charge in [-0.3, -0.25) is 9.59 Å². The molecule has 4 rings (SSSR count). The van der Waals surface area contributed by atoms with Gasteiger partial charge in [0.15, 0.2) is 0 Å². The first-order valence-electron chi connectivity index (χ1n) is 9.47. The van der Waals surface area contributed by atoms with E-state index >= 15 is 0 Å². The van der Waals surface area contributed by atoms with Gasteiger partial charge in [0.2, 0.25) is 5.91 Å². The summed E-state index contributed by atoms with van der Waals surface area (Å²) < 4.78 is 0. The van der Waals surface area contributed by atoms with Crippen LogP contribution in [-0.4, -0.2) is 53.8 Å². The van der Waals surface area contributed by atoms with Crippen molar-refractivity contribution in [2.75, 3.05) is 27.2 Å². The molecule has 2 amide bonds. The van der Waals surface area contributed by atoms with Crippen LogP contribution in [0.5, 0.6) is 0 Å². The number of pyridine rings is 1. The van der Waals surface area contributed by atoms with Crippen LogP contribution in [0.2, 0.25) is 0 Å². The molecule has 1 aliphatic rings. The molecule has 28 heavy (non-hydrogen) atoms. The van der Waals surface area contributed by atoms with Gasteiger partial charge in [0.1, 0.15) is 0 Å². The van der Waals surface area contributed by atoms with Gasteiger partial charge < -0.3 is 9.80 Å². The topological polar surface area (TPSA) is 53.5 Å². The van der Waals surface area contributed by atoms with Crippen molar-refractivity contribution in [3.05, 3.63) is 66.2 Å². The summed E-state index contributed by atoms with van der Waals surface area (Å²) in [6.07, 6.45) is 0.515. The average Bonchev–Trinajstić information content (AvgIpc) is 3.04. The lowest BCUT2D eigenvalue weighted by Crippen LogP contribution is -2.32. The summed E-state index contributed by atoms with van der Waals surface area (Å²) in [4.78, 5) is 32.6. The number of benzene rings is 2. The maximum Gasteiger partial charge on any atom is 0.253 e. The second-order valence-corrected chi connectivity index (χ2v) is 7.50. The second kappa shape index (κ2) is 7.43. The van der Waals surface area contributed by atoms with Crippen LogP contribution in [-0.2, 0) is 4.79 Å². The molecular formula is C23H23N3O2. The highest BCUT2D eigenvalue weighted by Crippen LogP contribution is 2.22. The van der Waals surface area contributed by atoms with Crippen molar-refractivity contribution in [3.63, 3.8) is 0 Å². The van der Waals surface area contributed by atoms with Crippen molar-refractivity contribution in [2.45, 2.75) is 6.42 Å². The number of carbonyl (C=O) groups is 2. The number of aromatic nitrogens is 1. The largest absolute Gasteiger partial charge is 0.345 e. The smallest absolute Gasteiger partial charge is 0.253 e. The van der Waals surface area contributed by atoms with Crippen molar-refractivity contribution in [1.29, 1.82) is 0 Å². The highest BCUT2D eigenvalue weighted by molar-refractivity contribution is 5.94. The molecule has 0 N–H and O–H groups in total.